The Balaban J connectivity index is 2.97. The van der Waals surface area contributed by atoms with Gasteiger partial charge in [-0.3, -0.25) is 9.48 Å². The SMILES string of the molecule is CCC(C(N)=O)n1cc(C(F)(F)F)cn1. The maximum absolute atomic E-state index is 12.2. The van der Waals surface area contributed by atoms with Gasteiger partial charge in [0.15, 0.2) is 0 Å². The average Bonchev–Trinajstić information content (AvgIpc) is 2.52. The molecule has 0 fully saturated rings. The number of amides is 1. The number of halogens is 3. The van der Waals surface area contributed by atoms with Crippen LogP contribution in [0.15, 0.2) is 12.4 Å². The van der Waals surface area contributed by atoms with E-state index in [4.69, 9.17) is 5.73 Å². The van der Waals surface area contributed by atoms with E-state index in [1.807, 2.05) is 0 Å². The van der Waals surface area contributed by atoms with E-state index in [0.717, 1.165) is 10.9 Å². The minimum Gasteiger partial charge on any atom is -0.368 e. The Kier molecular flexibility index (Phi) is 3.01. The van der Waals surface area contributed by atoms with Gasteiger partial charge in [0.25, 0.3) is 0 Å². The zero-order valence-electron chi connectivity index (χ0n) is 7.95. The van der Waals surface area contributed by atoms with E-state index in [2.05, 4.69) is 5.10 Å². The van der Waals surface area contributed by atoms with Crippen LogP contribution in [0.2, 0.25) is 0 Å². The molecule has 1 rings (SSSR count). The van der Waals surface area contributed by atoms with E-state index in [9.17, 15) is 18.0 Å². The topological polar surface area (TPSA) is 60.9 Å². The number of hydrogen-bond acceptors (Lipinski definition) is 2. The molecule has 2 N–H and O–H groups in total. The summed E-state index contributed by atoms with van der Waals surface area (Å²) in [6.07, 6.45) is -2.70. The van der Waals surface area contributed by atoms with Crippen molar-refractivity contribution >= 4 is 5.91 Å². The van der Waals surface area contributed by atoms with Crippen molar-refractivity contribution in [3.8, 4) is 0 Å². The number of primary amides is 1. The summed E-state index contributed by atoms with van der Waals surface area (Å²) in [7, 11) is 0. The highest BCUT2D eigenvalue weighted by molar-refractivity contribution is 5.78. The third-order valence-electron chi connectivity index (χ3n) is 1.96. The molecule has 0 aromatic carbocycles. The van der Waals surface area contributed by atoms with Crippen molar-refractivity contribution in [3.05, 3.63) is 18.0 Å². The van der Waals surface area contributed by atoms with Gasteiger partial charge in [0.2, 0.25) is 5.91 Å². The lowest BCUT2D eigenvalue weighted by molar-refractivity contribution is -0.137. The maximum Gasteiger partial charge on any atom is 0.419 e. The van der Waals surface area contributed by atoms with Gasteiger partial charge in [-0.2, -0.15) is 18.3 Å². The Bertz CT molecular complexity index is 358. The predicted octanol–water partition coefficient (Wildman–Crippen LogP) is 1.34. The monoisotopic (exact) mass is 221 g/mol. The Hall–Kier alpha value is -1.53. The molecule has 1 aromatic rings. The minimum absolute atomic E-state index is 0.300. The lowest BCUT2D eigenvalue weighted by Gasteiger charge is -2.10. The van der Waals surface area contributed by atoms with Crippen LogP contribution >= 0.6 is 0 Å². The van der Waals surface area contributed by atoms with Crippen LogP contribution in [0.1, 0.15) is 24.9 Å². The van der Waals surface area contributed by atoms with E-state index in [1.54, 1.807) is 6.92 Å². The number of nitrogens with zero attached hydrogens (tertiary/aromatic N) is 2. The van der Waals surface area contributed by atoms with Crippen molar-refractivity contribution in [1.29, 1.82) is 0 Å². The van der Waals surface area contributed by atoms with Gasteiger partial charge in [0.1, 0.15) is 6.04 Å². The number of nitrogens with two attached hydrogens (primary N) is 1. The Morgan fingerprint density at radius 3 is 2.60 bits per heavy atom. The van der Waals surface area contributed by atoms with Crippen molar-refractivity contribution in [2.75, 3.05) is 0 Å². The Morgan fingerprint density at radius 2 is 2.27 bits per heavy atom. The highest BCUT2D eigenvalue weighted by Gasteiger charge is 2.33. The number of alkyl halides is 3. The summed E-state index contributed by atoms with van der Waals surface area (Å²) in [5, 5.41) is 3.47. The molecule has 0 saturated heterocycles. The molecule has 1 amide bonds. The van der Waals surface area contributed by atoms with Crippen LogP contribution < -0.4 is 5.73 Å². The molecule has 1 atom stereocenters. The summed E-state index contributed by atoms with van der Waals surface area (Å²) in [6.45, 7) is 1.64. The van der Waals surface area contributed by atoms with Crippen molar-refractivity contribution in [1.82, 2.24) is 9.78 Å². The average molecular weight is 221 g/mol. The molecule has 15 heavy (non-hydrogen) atoms. The van der Waals surface area contributed by atoms with Gasteiger partial charge < -0.3 is 5.73 Å². The molecule has 0 bridgehead atoms. The van der Waals surface area contributed by atoms with Crippen molar-refractivity contribution < 1.29 is 18.0 Å². The fourth-order valence-electron chi connectivity index (χ4n) is 1.17. The molecule has 0 aliphatic carbocycles. The van der Waals surface area contributed by atoms with E-state index in [0.29, 0.717) is 12.6 Å². The van der Waals surface area contributed by atoms with Gasteiger partial charge in [-0.25, -0.2) is 0 Å². The van der Waals surface area contributed by atoms with Crippen LogP contribution in [0.3, 0.4) is 0 Å². The number of carbonyl (C=O) groups is 1. The molecule has 0 spiro atoms. The molecule has 1 heterocycles. The lowest BCUT2D eigenvalue weighted by Crippen LogP contribution is -2.26. The molecule has 0 radical (unpaired) electrons. The fraction of sp³-hybridized carbons (Fsp3) is 0.500. The van der Waals surface area contributed by atoms with E-state index in [1.165, 1.54) is 0 Å². The molecule has 1 unspecified atom stereocenters. The summed E-state index contributed by atoms with van der Waals surface area (Å²) in [4.78, 5) is 10.9. The van der Waals surface area contributed by atoms with Crippen LogP contribution in [0, 0.1) is 0 Å². The van der Waals surface area contributed by atoms with Gasteiger partial charge in [-0.15, -0.1) is 0 Å². The minimum atomic E-state index is -4.45. The fourth-order valence-corrected chi connectivity index (χ4v) is 1.17. The number of rotatable bonds is 3. The highest BCUT2D eigenvalue weighted by Crippen LogP contribution is 2.29. The molecule has 0 saturated carbocycles. The lowest BCUT2D eigenvalue weighted by atomic mass is 10.2. The molecule has 0 aliphatic heterocycles. The van der Waals surface area contributed by atoms with Crippen LogP contribution in [0.4, 0.5) is 13.2 Å². The second-order valence-corrected chi connectivity index (χ2v) is 3.03. The molecule has 7 heteroatoms. The number of hydrogen-bond donors (Lipinski definition) is 1. The molecular weight excluding hydrogens is 211 g/mol. The molecule has 4 nitrogen and oxygen atoms in total. The van der Waals surface area contributed by atoms with Crippen LogP contribution in [0.25, 0.3) is 0 Å². The predicted molar refractivity (Wildman–Crippen MR) is 45.8 cm³/mol. The van der Waals surface area contributed by atoms with Crippen LogP contribution in [0.5, 0.6) is 0 Å². The zero-order valence-corrected chi connectivity index (χ0v) is 7.95. The van der Waals surface area contributed by atoms with Gasteiger partial charge in [0.05, 0.1) is 11.8 Å². The van der Waals surface area contributed by atoms with Crippen molar-refractivity contribution in [3.63, 3.8) is 0 Å². The number of carbonyl (C=O) groups excluding carboxylic acids is 1. The standard InChI is InChI=1S/C8H10F3N3O/c1-2-6(7(12)15)14-4-5(3-13-14)8(9,10)11/h3-4,6H,2H2,1H3,(H2,12,15). The second kappa shape index (κ2) is 3.92. The largest absolute Gasteiger partial charge is 0.419 e. The molecular formula is C8H10F3N3O. The van der Waals surface area contributed by atoms with Crippen molar-refractivity contribution in [2.45, 2.75) is 25.6 Å². The molecule has 1 aromatic heterocycles. The summed E-state index contributed by atoms with van der Waals surface area (Å²) in [5.41, 5.74) is 4.13. The maximum atomic E-state index is 12.2. The third kappa shape index (κ3) is 2.48. The first-order valence-electron chi connectivity index (χ1n) is 4.27. The van der Waals surface area contributed by atoms with E-state index < -0.39 is 23.7 Å². The first kappa shape index (κ1) is 11.5. The van der Waals surface area contributed by atoms with Gasteiger partial charge in [-0.1, -0.05) is 6.92 Å². The third-order valence-corrected chi connectivity index (χ3v) is 1.96. The normalized spacial score (nSPS) is 13.9. The van der Waals surface area contributed by atoms with Crippen LogP contribution in [-0.2, 0) is 11.0 Å². The van der Waals surface area contributed by atoms with Gasteiger partial charge in [-0.05, 0) is 6.42 Å². The Labute approximate surface area is 83.9 Å². The highest BCUT2D eigenvalue weighted by atomic mass is 19.4. The summed E-state index contributed by atoms with van der Waals surface area (Å²) < 4.78 is 37.5. The van der Waals surface area contributed by atoms with Gasteiger partial charge >= 0.3 is 6.18 Å². The summed E-state index contributed by atoms with van der Waals surface area (Å²) >= 11 is 0. The van der Waals surface area contributed by atoms with Crippen molar-refractivity contribution in [2.24, 2.45) is 5.73 Å². The van der Waals surface area contributed by atoms with E-state index in [-0.39, 0.29) is 0 Å². The zero-order chi connectivity index (χ0) is 11.6. The number of aromatic nitrogens is 2. The second-order valence-electron chi connectivity index (χ2n) is 3.03. The van der Waals surface area contributed by atoms with Crippen LogP contribution in [-0.4, -0.2) is 15.7 Å². The Morgan fingerprint density at radius 1 is 1.67 bits per heavy atom. The first-order valence-corrected chi connectivity index (χ1v) is 4.27. The van der Waals surface area contributed by atoms with Gasteiger partial charge in [0, 0.05) is 6.20 Å². The summed E-state index contributed by atoms with van der Waals surface area (Å²) in [6, 6.07) is -0.832. The van der Waals surface area contributed by atoms with E-state index >= 15 is 0 Å². The smallest absolute Gasteiger partial charge is 0.368 e. The summed E-state index contributed by atoms with van der Waals surface area (Å²) in [5.74, 6) is -0.700. The quantitative estimate of drug-likeness (QED) is 0.837. The molecule has 84 valence electrons. The molecule has 0 aliphatic rings. The first-order chi connectivity index (χ1) is 6.86.